The van der Waals surface area contributed by atoms with Gasteiger partial charge >= 0.3 is 0 Å². The third-order valence-electron chi connectivity index (χ3n) is 5.85. The Morgan fingerprint density at radius 1 is 1.38 bits per heavy atom. The summed E-state index contributed by atoms with van der Waals surface area (Å²) >= 11 is 0. The third kappa shape index (κ3) is 4.18. The lowest BCUT2D eigenvalue weighted by atomic mass is 9.74. The standard InChI is InChI=1S/C22H27FN4O2/c1-22(2)12-18(25-20(28)8-10-26-9-4-7-21(26)29)17-14-24-27(19(17)13-22)16-6-3-5-15(23)11-16/h3,5-6,11,14,18H,4,7-10,12-13H2,1-2H3,(H,25,28)/t18-/m1/s1. The fourth-order valence-corrected chi connectivity index (χ4v) is 4.45. The molecular formula is C22H27FN4O2. The van der Waals surface area contributed by atoms with Gasteiger partial charge in [0.15, 0.2) is 0 Å². The molecule has 29 heavy (non-hydrogen) atoms. The largest absolute Gasteiger partial charge is 0.349 e. The quantitative estimate of drug-likeness (QED) is 0.841. The van der Waals surface area contributed by atoms with Crippen LogP contribution >= 0.6 is 0 Å². The van der Waals surface area contributed by atoms with Crippen LogP contribution < -0.4 is 5.32 Å². The number of hydrogen-bond acceptors (Lipinski definition) is 3. The molecule has 7 heteroatoms. The number of rotatable bonds is 5. The van der Waals surface area contributed by atoms with Gasteiger partial charge in [0.1, 0.15) is 5.82 Å². The molecule has 2 aromatic rings. The van der Waals surface area contributed by atoms with Gasteiger partial charge in [-0.1, -0.05) is 19.9 Å². The SMILES string of the molecule is CC1(C)Cc2c(cnn2-c2cccc(F)c2)[C@H](NC(=O)CCN2CCCC2=O)C1. The van der Waals surface area contributed by atoms with Crippen molar-refractivity contribution in [1.82, 2.24) is 20.0 Å². The fourth-order valence-electron chi connectivity index (χ4n) is 4.45. The predicted octanol–water partition coefficient (Wildman–Crippen LogP) is 3.15. The first-order valence-corrected chi connectivity index (χ1v) is 10.2. The predicted molar refractivity (Wildman–Crippen MR) is 107 cm³/mol. The highest BCUT2D eigenvalue weighted by Crippen LogP contribution is 2.41. The summed E-state index contributed by atoms with van der Waals surface area (Å²) in [5.41, 5.74) is 2.65. The van der Waals surface area contributed by atoms with Crippen molar-refractivity contribution >= 4 is 11.8 Å². The summed E-state index contributed by atoms with van der Waals surface area (Å²) in [4.78, 5) is 26.1. The topological polar surface area (TPSA) is 67.2 Å². The Bertz CT molecular complexity index is 937. The summed E-state index contributed by atoms with van der Waals surface area (Å²) in [6, 6.07) is 6.25. The van der Waals surface area contributed by atoms with E-state index in [4.69, 9.17) is 0 Å². The average Bonchev–Trinajstić information content (AvgIpc) is 3.25. The maximum atomic E-state index is 13.7. The highest BCUT2D eigenvalue weighted by atomic mass is 19.1. The molecule has 1 aliphatic heterocycles. The highest BCUT2D eigenvalue weighted by Gasteiger charge is 2.36. The van der Waals surface area contributed by atoms with Crippen molar-refractivity contribution in [2.24, 2.45) is 5.41 Å². The van der Waals surface area contributed by atoms with Crippen molar-refractivity contribution < 1.29 is 14.0 Å². The summed E-state index contributed by atoms with van der Waals surface area (Å²) in [5, 5.41) is 7.64. The number of likely N-dealkylation sites (tertiary alicyclic amines) is 1. The molecule has 0 saturated carbocycles. The first-order valence-electron chi connectivity index (χ1n) is 10.2. The number of amides is 2. The first-order chi connectivity index (χ1) is 13.8. The van der Waals surface area contributed by atoms with Gasteiger partial charge in [-0.25, -0.2) is 9.07 Å². The van der Waals surface area contributed by atoms with Crippen LogP contribution in [0, 0.1) is 11.2 Å². The van der Waals surface area contributed by atoms with Gasteiger partial charge in [0.25, 0.3) is 0 Å². The molecule has 0 bridgehead atoms. The van der Waals surface area contributed by atoms with Gasteiger partial charge in [-0.3, -0.25) is 9.59 Å². The molecule has 0 unspecified atom stereocenters. The molecule has 1 atom stereocenters. The van der Waals surface area contributed by atoms with Gasteiger partial charge in [0.05, 0.1) is 23.6 Å². The van der Waals surface area contributed by atoms with Gasteiger partial charge in [-0.15, -0.1) is 0 Å². The van der Waals surface area contributed by atoms with Gasteiger partial charge < -0.3 is 10.2 Å². The van der Waals surface area contributed by atoms with E-state index in [9.17, 15) is 14.0 Å². The van der Waals surface area contributed by atoms with Crippen molar-refractivity contribution in [3.8, 4) is 5.69 Å². The van der Waals surface area contributed by atoms with Crippen LogP contribution in [0.15, 0.2) is 30.5 Å². The normalized spacial score (nSPS) is 20.6. The fraction of sp³-hybridized carbons (Fsp3) is 0.500. The van der Waals surface area contributed by atoms with Gasteiger partial charge in [0.2, 0.25) is 11.8 Å². The Balaban J connectivity index is 1.52. The van der Waals surface area contributed by atoms with Crippen LogP contribution in [-0.4, -0.2) is 39.6 Å². The lowest BCUT2D eigenvalue weighted by Crippen LogP contribution is -2.38. The molecule has 2 amide bonds. The molecule has 1 fully saturated rings. The molecule has 1 N–H and O–H groups in total. The van der Waals surface area contributed by atoms with E-state index in [1.54, 1.807) is 21.8 Å². The molecule has 1 saturated heterocycles. The zero-order valence-electron chi connectivity index (χ0n) is 16.9. The maximum absolute atomic E-state index is 13.7. The molecule has 0 radical (unpaired) electrons. The van der Waals surface area contributed by atoms with Crippen LogP contribution in [0.4, 0.5) is 4.39 Å². The summed E-state index contributed by atoms with van der Waals surface area (Å²) in [6.07, 6.45) is 5.15. The number of halogens is 1. The Morgan fingerprint density at radius 2 is 2.21 bits per heavy atom. The van der Waals surface area contributed by atoms with Gasteiger partial charge in [-0.05, 0) is 42.9 Å². The number of nitrogens with zero attached hydrogens (tertiary/aromatic N) is 3. The molecule has 1 aromatic carbocycles. The first kappa shape index (κ1) is 19.6. The molecular weight excluding hydrogens is 371 g/mol. The van der Waals surface area contributed by atoms with E-state index < -0.39 is 0 Å². The third-order valence-corrected chi connectivity index (χ3v) is 5.85. The van der Waals surface area contributed by atoms with Crippen molar-refractivity contribution in [1.29, 1.82) is 0 Å². The van der Waals surface area contributed by atoms with E-state index in [1.807, 2.05) is 6.07 Å². The van der Waals surface area contributed by atoms with Crippen molar-refractivity contribution in [3.63, 3.8) is 0 Å². The summed E-state index contributed by atoms with van der Waals surface area (Å²) in [6.45, 7) is 5.55. The van der Waals surface area contributed by atoms with E-state index in [0.29, 0.717) is 25.1 Å². The monoisotopic (exact) mass is 398 g/mol. The number of nitrogens with one attached hydrogen (secondary N) is 1. The second kappa shape index (κ2) is 7.61. The second-order valence-corrected chi connectivity index (χ2v) is 8.84. The summed E-state index contributed by atoms with van der Waals surface area (Å²) < 4.78 is 15.5. The Hall–Kier alpha value is -2.70. The minimum absolute atomic E-state index is 0.0268. The molecule has 2 aliphatic rings. The number of fused-ring (bicyclic) bond motifs is 1. The van der Waals surface area contributed by atoms with E-state index >= 15 is 0 Å². The van der Waals surface area contributed by atoms with Crippen LogP contribution in [0.2, 0.25) is 0 Å². The highest BCUT2D eigenvalue weighted by molar-refractivity contribution is 5.80. The Kier molecular flexibility index (Phi) is 5.15. The number of carbonyl (C=O) groups is 2. The lowest BCUT2D eigenvalue weighted by molar-refractivity contribution is -0.128. The van der Waals surface area contributed by atoms with Crippen LogP contribution in [0.25, 0.3) is 5.69 Å². The zero-order valence-corrected chi connectivity index (χ0v) is 16.9. The maximum Gasteiger partial charge on any atom is 0.222 e. The van der Waals surface area contributed by atoms with Crippen LogP contribution in [-0.2, 0) is 16.0 Å². The minimum atomic E-state index is -0.303. The molecule has 2 heterocycles. The molecule has 1 aromatic heterocycles. The van der Waals surface area contributed by atoms with Crippen molar-refractivity contribution in [2.45, 2.75) is 52.0 Å². The van der Waals surface area contributed by atoms with Crippen molar-refractivity contribution in [3.05, 3.63) is 47.5 Å². The summed E-state index contributed by atoms with van der Waals surface area (Å²) in [7, 11) is 0. The second-order valence-electron chi connectivity index (χ2n) is 8.84. The van der Waals surface area contributed by atoms with Crippen LogP contribution in [0.1, 0.15) is 56.8 Å². The number of hydrogen-bond donors (Lipinski definition) is 1. The van der Waals surface area contributed by atoms with E-state index in [-0.39, 0.29) is 29.1 Å². The molecule has 1 aliphatic carbocycles. The summed E-state index contributed by atoms with van der Waals surface area (Å²) in [5.74, 6) is -0.227. The van der Waals surface area contributed by atoms with E-state index in [1.165, 1.54) is 12.1 Å². The van der Waals surface area contributed by atoms with Crippen LogP contribution in [0.3, 0.4) is 0 Å². The van der Waals surface area contributed by atoms with E-state index in [2.05, 4.69) is 24.3 Å². The molecule has 154 valence electrons. The molecule has 6 nitrogen and oxygen atoms in total. The lowest BCUT2D eigenvalue weighted by Gasteiger charge is -2.36. The van der Waals surface area contributed by atoms with Crippen LogP contribution in [0.5, 0.6) is 0 Å². The van der Waals surface area contributed by atoms with Gasteiger partial charge in [-0.2, -0.15) is 5.10 Å². The average molecular weight is 398 g/mol. The Morgan fingerprint density at radius 3 is 2.93 bits per heavy atom. The molecule has 4 rings (SSSR count). The van der Waals surface area contributed by atoms with Crippen molar-refractivity contribution in [2.75, 3.05) is 13.1 Å². The number of aromatic nitrogens is 2. The number of benzene rings is 1. The van der Waals surface area contributed by atoms with Gasteiger partial charge in [0, 0.05) is 31.5 Å². The molecule has 0 spiro atoms. The zero-order chi connectivity index (χ0) is 20.6. The smallest absolute Gasteiger partial charge is 0.222 e. The number of carbonyl (C=O) groups excluding carboxylic acids is 2. The minimum Gasteiger partial charge on any atom is -0.349 e. The van der Waals surface area contributed by atoms with E-state index in [0.717, 1.165) is 37.1 Å². The Labute approximate surface area is 170 Å².